The first-order valence-corrected chi connectivity index (χ1v) is 9.72. The summed E-state index contributed by atoms with van der Waals surface area (Å²) in [6.45, 7) is 4.57. The Labute approximate surface area is 174 Å². The van der Waals surface area contributed by atoms with E-state index in [2.05, 4.69) is 20.4 Å². The average Bonchev–Trinajstić information content (AvgIpc) is 3.04. The van der Waals surface area contributed by atoms with Gasteiger partial charge in [0.1, 0.15) is 6.61 Å². The van der Waals surface area contributed by atoms with Gasteiger partial charge in [0.15, 0.2) is 5.65 Å². The fourth-order valence-corrected chi connectivity index (χ4v) is 3.40. The fraction of sp³-hybridized carbons (Fsp3) is 0.217. The molecule has 0 spiro atoms. The zero-order valence-corrected chi connectivity index (χ0v) is 17.2. The van der Waals surface area contributed by atoms with Crippen LogP contribution in [0.4, 0.5) is 0 Å². The van der Waals surface area contributed by atoms with E-state index in [1.807, 2.05) is 63.4 Å². The number of aryl methyl sites for hydroxylation is 3. The third-order valence-electron chi connectivity index (χ3n) is 4.82. The van der Waals surface area contributed by atoms with Crippen molar-refractivity contribution in [2.24, 2.45) is 7.05 Å². The van der Waals surface area contributed by atoms with E-state index < -0.39 is 0 Å². The highest BCUT2D eigenvalue weighted by atomic mass is 16.5. The normalized spacial score (nSPS) is 10.9. The van der Waals surface area contributed by atoms with Gasteiger partial charge < -0.3 is 10.1 Å². The molecule has 7 nitrogen and oxygen atoms in total. The summed E-state index contributed by atoms with van der Waals surface area (Å²) >= 11 is 0. The first-order chi connectivity index (χ1) is 14.5. The van der Waals surface area contributed by atoms with Crippen molar-refractivity contribution < 1.29 is 9.53 Å². The van der Waals surface area contributed by atoms with Crippen molar-refractivity contribution >= 4 is 16.9 Å². The van der Waals surface area contributed by atoms with Crippen molar-refractivity contribution in [3.8, 4) is 5.88 Å². The van der Waals surface area contributed by atoms with Gasteiger partial charge in [0, 0.05) is 31.5 Å². The summed E-state index contributed by atoms with van der Waals surface area (Å²) in [6.07, 6.45) is 1.68. The Morgan fingerprint density at radius 3 is 2.70 bits per heavy atom. The minimum absolute atomic E-state index is 0.162. The molecule has 0 aliphatic heterocycles. The smallest absolute Gasteiger partial charge is 0.252 e. The Hall–Kier alpha value is -3.74. The third kappa shape index (κ3) is 4.15. The van der Waals surface area contributed by atoms with Gasteiger partial charge in [-0.05, 0) is 37.1 Å². The van der Waals surface area contributed by atoms with Crippen LogP contribution in [0.2, 0.25) is 0 Å². The van der Waals surface area contributed by atoms with E-state index in [1.165, 1.54) is 0 Å². The highest BCUT2D eigenvalue weighted by molar-refractivity contribution is 6.06. The zero-order valence-electron chi connectivity index (χ0n) is 17.2. The average molecular weight is 401 g/mol. The molecule has 4 aromatic rings. The number of ether oxygens (including phenoxy) is 1. The first-order valence-electron chi connectivity index (χ1n) is 9.72. The van der Waals surface area contributed by atoms with E-state index in [4.69, 9.17) is 4.74 Å². The minimum atomic E-state index is -0.162. The summed E-state index contributed by atoms with van der Waals surface area (Å²) in [6, 6.07) is 15.4. The summed E-state index contributed by atoms with van der Waals surface area (Å²) < 4.78 is 7.47. The van der Waals surface area contributed by atoms with E-state index >= 15 is 0 Å². The molecule has 1 amide bonds. The summed E-state index contributed by atoms with van der Waals surface area (Å²) in [5.41, 5.74) is 4.82. The molecule has 0 aliphatic rings. The number of nitrogens with one attached hydrogen (secondary N) is 1. The van der Waals surface area contributed by atoms with Crippen molar-refractivity contribution in [3.05, 3.63) is 82.8 Å². The van der Waals surface area contributed by atoms with Crippen molar-refractivity contribution in [2.75, 3.05) is 0 Å². The van der Waals surface area contributed by atoms with Crippen LogP contribution in [0, 0.1) is 13.8 Å². The number of pyridine rings is 2. The predicted molar refractivity (Wildman–Crippen MR) is 114 cm³/mol. The van der Waals surface area contributed by atoms with Crippen LogP contribution in [-0.4, -0.2) is 25.7 Å². The van der Waals surface area contributed by atoms with E-state index in [0.717, 1.165) is 27.9 Å². The molecule has 30 heavy (non-hydrogen) atoms. The van der Waals surface area contributed by atoms with Gasteiger partial charge in [-0.2, -0.15) is 5.10 Å². The molecule has 0 aliphatic carbocycles. The maximum atomic E-state index is 12.9. The molecule has 1 N–H and O–H groups in total. The number of fused-ring (bicyclic) bond motifs is 1. The lowest BCUT2D eigenvalue weighted by Gasteiger charge is -2.10. The molecule has 0 atom stereocenters. The van der Waals surface area contributed by atoms with Crippen LogP contribution in [0.1, 0.15) is 32.9 Å². The molecule has 152 valence electrons. The number of benzene rings is 1. The second-order valence-electron chi connectivity index (χ2n) is 7.18. The van der Waals surface area contributed by atoms with E-state index in [9.17, 15) is 4.79 Å². The molecule has 3 heterocycles. The summed E-state index contributed by atoms with van der Waals surface area (Å²) in [4.78, 5) is 21.7. The number of amides is 1. The van der Waals surface area contributed by atoms with Gasteiger partial charge in [-0.1, -0.05) is 30.3 Å². The quantitative estimate of drug-likeness (QED) is 0.535. The van der Waals surface area contributed by atoms with E-state index in [-0.39, 0.29) is 5.91 Å². The molecule has 0 unspecified atom stereocenters. The number of rotatable bonds is 6. The summed E-state index contributed by atoms with van der Waals surface area (Å²) in [5.74, 6) is 0.362. The lowest BCUT2D eigenvalue weighted by atomic mass is 10.1. The van der Waals surface area contributed by atoms with Crippen LogP contribution in [-0.2, 0) is 20.2 Å². The zero-order chi connectivity index (χ0) is 21.1. The largest absolute Gasteiger partial charge is 0.473 e. The van der Waals surface area contributed by atoms with Gasteiger partial charge in [-0.3, -0.25) is 9.48 Å². The standard InChI is InChI=1S/C23H23N5O2/c1-15-11-19(21-16(2)27-28(3)22(21)26-15)23(29)25-13-18-9-10-24-20(12-18)30-14-17-7-5-4-6-8-17/h4-12H,13-14H2,1-3H3,(H,25,29). The molecular weight excluding hydrogens is 378 g/mol. The van der Waals surface area contributed by atoms with Crippen LogP contribution in [0.3, 0.4) is 0 Å². The molecule has 4 rings (SSSR count). The Balaban J connectivity index is 1.46. The van der Waals surface area contributed by atoms with Crippen LogP contribution in [0.5, 0.6) is 5.88 Å². The summed E-state index contributed by atoms with van der Waals surface area (Å²) in [5, 5.41) is 8.16. The molecule has 7 heteroatoms. The number of carbonyl (C=O) groups excluding carboxylic acids is 1. The number of carbonyl (C=O) groups is 1. The Morgan fingerprint density at radius 2 is 1.90 bits per heavy atom. The van der Waals surface area contributed by atoms with Crippen LogP contribution in [0.25, 0.3) is 11.0 Å². The molecule has 0 bridgehead atoms. The maximum Gasteiger partial charge on any atom is 0.252 e. The summed E-state index contributed by atoms with van der Waals surface area (Å²) in [7, 11) is 1.83. The van der Waals surface area contributed by atoms with Gasteiger partial charge in [-0.15, -0.1) is 0 Å². The lowest BCUT2D eigenvalue weighted by Crippen LogP contribution is -2.23. The monoisotopic (exact) mass is 401 g/mol. The molecular formula is C23H23N5O2. The van der Waals surface area contributed by atoms with Crippen LogP contribution in [0.15, 0.2) is 54.7 Å². The molecule has 3 aromatic heterocycles. The van der Waals surface area contributed by atoms with E-state index in [0.29, 0.717) is 30.2 Å². The predicted octanol–water partition coefficient (Wildman–Crippen LogP) is 3.49. The van der Waals surface area contributed by atoms with Gasteiger partial charge in [0.2, 0.25) is 5.88 Å². The number of aromatic nitrogens is 4. The SMILES string of the molecule is Cc1cc(C(=O)NCc2ccnc(OCc3ccccc3)c2)c2c(C)nn(C)c2n1. The second kappa shape index (κ2) is 8.32. The molecule has 0 radical (unpaired) electrons. The minimum Gasteiger partial charge on any atom is -0.473 e. The number of hydrogen-bond acceptors (Lipinski definition) is 5. The third-order valence-corrected chi connectivity index (χ3v) is 4.82. The van der Waals surface area contributed by atoms with Gasteiger partial charge >= 0.3 is 0 Å². The molecule has 0 saturated carbocycles. The molecule has 0 saturated heterocycles. The Morgan fingerprint density at radius 1 is 1.10 bits per heavy atom. The number of hydrogen-bond donors (Lipinski definition) is 1. The number of nitrogens with zero attached hydrogens (tertiary/aromatic N) is 4. The molecule has 0 fully saturated rings. The van der Waals surface area contributed by atoms with Crippen LogP contribution < -0.4 is 10.1 Å². The second-order valence-corrected chi connectivity index (χ2v) is 7.18. The Bertz CT molecular complexity index is 1200. The van der Waals surface area contributed by atoms with Crippen molar-refractivity contribution in [1.29, 1.82) is 0 Å². The first kappa shape index (κ1) is 19.6. The van der Waals surface area contributed by atoms with Gasteiger partial charge in [-0.25, -0.2) is 9.97 Å². The van der Waals surface area contributed by atoms with E-state index in [1.54, 1.807) is 16.9 Å². The van der Waals surface area contributed by atoms with Crippen molar-refractivity contribution in [3.63, 3.8) is 0 Å². The van der Waals surface area contributed by atoms with Gasteiger partial charge in [0.25, 0.3) is 5.91 Å². The van der Waals surface area contributed by atoms with Gasteiger partial charge in [0.05, 0.1) is 16.6 Å². The fourth-order valence-electron chi connectivity index (χ4n) is 3.40. The molecule has 1 aromatic carbocycles. The van der Waals surface area contributed by atoms with Crippen molar-refractivity contribution in [2.45, 2.75) is 27.0 Å². The Kier molecular flexibility index (Phi) is 5.43. The highest BCUT2D eigenvalue weighted by Crippen LogP contribution is 2.21. The maximum absolute atomic E-state index is 12.9. The van der Waals surface area contributed by atoms with Crippen LogP contribution >= 0.6 is 0 Å². The topological polar surface area (TPSA) is 81.9 Å². The lowest BCUT2D eigenvalue weighted by molar-refractivity contribution is 0.0952. The highest BCUT2D eigenvalue weighted by Gasteiger charge is 2.17. The van der Waals surface area contributed by atoms with Crippen molar-refractivity contribution in [1.82, 2.24) is 25.1 Å².